The number of thiophene rings is 1. The minimum atomic E-state index is -3.53. The Labute approximate surface area is 222 Å². The van der Waals surface area contributed by atoms with Crippen LogP contribution in [0.1, 0.15) is 20.8 Å². The van der Waals surface area contributed by atoms with Crippen LogP contribution in [0, 0.1) is 0 Å². The fourth-order valence-electron chi connectivity index (χ4n) is 4.07. The van der Waals surface area contributed by atoms with Crippen molar-refractivity contribution in [3.05, 3.63) is 60.0 Å². The molecule has 2 N–H and O–H groups in total. The predicted octanol–water partition coefficient (Wildman–Crippen LogP) is 5.39. The number of hydrogen-bond acceptors (Lipinski definition) is 8. The van der Waals surface area contributed by atoms with Crippen molar-refractivity contribution >= 4 is 54.5 Å². The molecule has 0 spiro atoms. The van der Waals surface area contributed by atoms with E-state index in [2.05, 4.69) is 51.2 Å². The first-order valence-electron chi connectivity index (χ1n) is 12.3. The summed E-state index contributed by atoms with van der Waals surface area (Å²) in [7, 11) is -1.37. The number of fused-ring (bicyclic) bond motifs is 1. The van der Waals surface area contributed by atoms with Gasteiger partial charge in [-0.1, -0.05) is 6.07 Å². The van der Waals surface area contributed by atoms with Crippen LogP contribution in [0.3, 0.4) is 0 Å². The zero-order valence-corrected chi connectivity index (χ0v) is 23.2. The van der Waals surface area contributed by atoms with Gasteiger partial charge in [0.1, 0.15) is 10.6 Å². The molecular formula is C27H32N6O2S2. The average Bonchev–Trinajstić information content (AvgIpc) is 3.33. The molecule has 0 aliphatic carbocycles. The Balaban J connectivity index is 1.41. The second-order valence-corrected chi connectivity index (χ2v) is 13.6. The van der Waals surface area contributed by atoms with Crippen LogP contribution in [-0.4, -0.2) is 61.3 Å². The van der Waals surface area contributed by atoms with Crippen LogP contribution in [0.4, 0.5) is 22.9 Å². The normalized spacial score (nSPS) is 15.2. The Morgan fingerprint density at radius 3 is 2.32 bits per heavy atom. The predicted molar refractivity (Wildman–Crippen MR) is 155 cm³/mol. The summed E-state index contributed by atoms with van der Waals surface area (Å²) >= 11 is 1.57. The quantitative estimate of drug-likeness (QED) is 0.341. The third kappa shape index (κ3) is 5.56. The summed E-state index contributed by atoms with van der Waals surface area (Å²) in [5.74, 6) is 1.33. The molecule has 0 radical (unpaired) electrons. The van der Waals surface area contributed by atoms with Gasteiger partial charge in [-0.05, 0) is 81.7 Å². The van der Waals surface area contributed by atoms with E-state index in [1.807, 2.05) is 23.6 Å². The summed E-state index contributed by atoms with van der Waals surface area (Å²) in [6.07, 6.45) is 0. The first-order valence-corrected chi connectivity index (χ1v) is 14.6. The lowest BCUT2D eigenvalue weighted by atomic mass is 10.1. The molecule has 0 atom stereocenters. The molecule has 8 nitrogen and oxygen atoms in total. The molecule has 194 valence electrons. The molecule has 0 unspecified atom stereocenters. The maximum Gasteiger partial charge on any atom is 0.237 e. The molecule has 37 heavy (non-hydrogen) atoms. The number of sulfonamides is 1. The van der Waals surface area contributed by atoms with Gasteiger partial charge in [0, 0.05) is 43.1 Å². The van der Waals surface area contributed by atoms with Gasteiger partial charge in [-0.15, -0.1) is 11.3 Å². The second kappa shape index (κ2) is 9.92. The molecule has 4 aromatic rings. The number of rotatable bonds is 6. The van der Waals surface area contributed by atoms with Gasteiger partial charge in [0.25, 0.3) is 0 Å². The third-order valence-electron chi connectivity index (χ3n) is 6.50. The molecule has 2 aromatic heterocycles. The number of benzene rings is 2. The van der Waals surface area contributed by atoms with Gasteiger partial charge in [-0.2, -0.15) is 0 Å². The highest BCUT2D eigenvalue weighted by Gasteiger charge is 2.29. The summed E-state index contributed by atoms with van der Waals surface area (Å²) in [6.45, 7) is 9.18. The Morgan fingerprint density at radius 2 is 1.62 bits per heavy atom. The monoisotopic (exact) mass is 536 g/mol. The van der Waals surface area contributed by atoms with E-state index >= 15 is 0 Å². The van der Waals surface area contributed by atoms with E-state index in [0.29, 0.717) is 17.3 Å². The van der Waals surface area contributed by atoms with E-state index in [9.17, 15) is 8.42 Å². The maximum atomic E-state index is 12.6. The molecule has 0 saturated carbocycles. The number of hydrogen-bond donors (Lipinski definition) is 2. The Kier molecular flexibility index (Phi) is 6.82. The molecule has 3 heterocycles. The minimum Gasteiger partial charge on any atom is -0.369 e. The lowest BCUT2D eigenvalue weighted by Gasteiger charge is -2.34. The van der Waals surface area contributed by atoms with E-state index in [-0.39, 0.29) is 0 Å². The minimum absolute atomic E-state index is 0.496. The largest absolute Gasteiger partial charge is 0.369 e. The molecule has 1 fully saturated rings. The number of nitrogens with one attached hydrogen (secondary N) is 2. The van der Waals surface area contributed by atoms with Crippen LogP contribution in [0.5, 0.6) is 0 Å². The number of aromatic nitrogens is 2. The van der Waals surface area contributed by atoms with Crippen LogP contribution in [-0.2, 0) is 10.0 Å². The molecule has 2 aromatic carbocycles. The lowest BCUT2D eigenvalue weighted by Crippen LogP contribution is -2.44. The van der Waals surface area contributed by atoms with Gasteiger partial charge in [0.05, 0.1) is 15.8 Å². The second-order valence-electron chi connectivity index (χ2n) is 10.3. The highest BCUT2D eigenvalue weighted by Crippen LogP contribution is 2.32. The molecule has 10 heteroatoms. The van der Waals surface area contributed by atoms with Gasteiger partial charge in [0.15, 0.2) is 5.82 Å². The summed E-state index contributed by atoms with van der Waals surface area (Å²) in [5.41, 5.74) is 3.39. The fourth-order valence-corrected chi connectivity index (χ4v) is 5.58. The number of piperazine rings is 1. The van der Waals surface area contributed by atoms with Crippen molar-refractivity contribution < 1.29 is 8.42 Å². The van der Waals surface area contributed by atoms with Crippen molar-refractivity contribution in [1.29, 1.82) is 0 Å². The molecule has 1 saturated heterocycles. The van der Waals surface area contributed by atoms with E-state index in [4.69, 9.17) is 9.97 Å². The Bertz CT molecular complexity index is 1500. The first-order chi connectivity index (χ1) is 17.6. The van der Waals surface area contributed by atoms with Crippen molar-refractivity contribution in [1.82, 2.24) is 14.9 Å². The molecule has 1 aliphatic heterocycles. The Hall–Kier alpha value is -3.21. The van der Waals surface area contributed by atoms with Crippen LogP contribution in [0.25, 0.3) is 21.6 Å². The number of likely N-dealkylation sites (N-methyl/N-ethyl adjacent to an activating group) is 1. The van der Waals surface area contributed by atoms with Crippen LogP contribution >= 0.6 is 11.3 Å². The highest BCUT2D eigenvalue weighted by molar-refractivity contribution is 7.94. The third-order valence-corrected chi connectivity index (χ3v) is 9.43. The zero-order valence-electron chi connectivity index (χ0n) is 21.5. The van der Waals surface area contributed by atoms with Crippen molar-refractivity contribution in [2.45, 2.75) is 25.5 Å². The van der Waals surface area contributed by atoms with Gasteiger partial charge in [0.2, 0.25) is 10.0 Å². The highest BCUT2D eigenvalue weighted by atomic mass is 32.2. The van der Waals surface area contributed by atoms with Gasteiger partial charge < -0.3 is 15.1 Å². The topological polar surface area (TPSA) is 90.5 Å². The standard InChI is InChI=1S/C27H32N6O2S2/c1-27(2,3)37(34,35)31-21-7-5-6-20(18-21)28-25-23-12-17-36-26(23)30-24(29-25)19-8-10-22(11-9-19)33-15-13-32(4)14-16-33/h5-12,17-18,31H,13-16H2,1-4H3,(H,28,29,30). The smallest absolute Gasteiger partial charge is 0.237 e. The van der Waals surface area contributed by atoms with E-state index in [0.717, 1.165) is 47.6 Å². The lowest BCUT2D eigenvalue weighted by molar-refractivity contribution is 0.313. The van der Waals surface area contributed by atoms with Crippen LogP contribution < -0.4 is 14.9 Å². The number of nitrogens with zero attached hydrogens (tertiary/aromatic N) is 4. The van der Waals surface area contributed by atoms with Crippen LogP contribution in [0.2, 0.25) is 0 Å². The fraction of sp³-hybridized carbons (Fsp3) is 0.333. The van der Waals surface area contributed by atoms with Crippen molar-refractivity contribution in [3.8, 4) is 11.4 Å². The first kappa shape index (κ1) is 25.4. The van der Waals surface area contributed by atoms with Crippen LogP contribution in [0.15, 0.2) is 60.0 Å². The van der Waals surface area contributed by atoms with Crippen molar-refractivity contribution in [2.24, 2.45) is 0 Å². The van der Waals surface area contributed by atoms with Crippen molar-refractivity contribution in [2.75, 3.05) is 48.2 Å². The molecule has 1 aliphatic rings. The van der Waals surface area contributed by atoms with E-state index < -0.39 is 14.8 Å². The maximum absolute atomic E-state index is 12.6. The molecular weight excluding hydrogens is 504 g/mol. The van der Waals surface area contributed by atoms with Gasteiger partial charge in [-0.3, -0.25) is 4.72 Å². The zero-order chi connectivity index (χ0) is 26.2. The summed E-state index contributed by atoms with van der Waals surface area (Å²) in [4.78, 5) is 15.3. The van der Waals surface area contributed by atoms with Gasteiger partial charge in [-0.25, -0.2) is 18.4 Å². The summed E-state index contributed by atoms with van der Waals surface area (Å²) in [6, 6.07) is 17.6. The summed E-state index contributed by atoms with van der Waals surface area (Å²) < 4.78 is 27.0. The molecule has 5 rings (SSSR count). The van der Waals surface area contributed by atoms with Crippen molar-refractivity contribution in [3.63, 3.8) is 0 Å². The van der Waals surface area contributed by atoms with Gasteiger partial charge >= 0.3 is 0 Å². The number of anilines is 4. The Morgan fingerprint density at radius 1 is 0.919 bits per heavy atom. The summed E-state index contributed by atoms with van der Waals surface area (Å²) in [5, 5.41) is 6.30. The molecule has 0 amide bonds. The van der Waals surface area contributed by atoms with E-state index in [1.54, 1.807) is 44.2 Å². The van der Waals surface area contributed by atoms with E-state index in [1.165, 1.54) is 5.69 Å². The SMILES string of the molecule is CN1CCN(c2ccc(-c3nc(Nc4cccc(NS(=O)(=O)C(C)(C)C)c4)c4ccsc4n3)cc2)CC1. The molecule has 0 bridgehead atoms. The average molecular weight is 537 g/mol.